The zero-order valence-electron chi connectivity index (χ0n) is 19.0. The Bertz CT molecular complexity index is 1180. The lowest BCUT2D eigenvalue weighted by atomic mass is 9.93. The van der Waals surface area contributed by atoms with Gasteiger partial charge in [-0.05, 0) is 55.2 Å². The fourth-order valence-corrected chi connectivity index (χ4v) is 4.53. The topological polar surface area (TPSA) is 79.7 Å². The van der Waals surface area contributed by atoms with Gasteiger partial charge in [0, 0.05) is 17.1 Å². The second-order valence-corrected chi connectivity index (χ2v) is 9.37. The molecule has 0 bridgehead atoms. The van der Waals surface area contributed by atoms with Crippen LogP contribution in [0.4, 0.5) is 5.13 Å². The maximum absolute atomic E-state index is 13.1. The maximum Gasteiger partial charge on any atom is 0.301 e. The lowest BCUT2D eigenvalue weighted by molar-refractivity contribution is -0.132. The van der Waals surface area contributed by atoms with Crippen LogP contribution in [0.2, 0.25) is 0 Å². The van der Waals surface area contributed by atoms with E-state index in [1.165, 1.54) is 16.2 Å². The third kappa shape index (κ3) is 4.41. The second kappa shape index (κ2) is 9.19. The molecule has 2 aromatic carbocycles. The molecule has 0 aliphatic carbocycles. The van der Waals surface area contributed by atoms with Crippen molar-refractivity contribution in [1.82, 2.24) is 4.98 Å². The molecule has 1 aliphatic rings. The number of ketones is 1. The lowest BCUT2D eigenvalue weighted by Crippen LogP contribution is -2.29. The number of ether oxygens (including phenoxy) is 1. The van der Waals surface area contributed by atoms with Gasteiger partial charge in [0.2, 0.25) is 0 Å². The summed E-state index contributed by atoms with van der Waals surface area (Å²) in [4.78, 5) is 31.8. The Kier molecular flexibility index (Phi) is 6.33. The summed E-state index contributed by atoms with van der Waals surface area (Å²) in [5, 5.41) is 13.4. The molecule has 1 amide bonds. The van der Waals surface area contributed by atoms with E-state index in [2.05, 4.69) is 18.8 Å². The first-order valence-corrected chi connectivity index (χ1v) is 11.7. The Morgan fingerprint density at radius 1 is 1.03 bits per heavy atom. The van der Waals surface area contributed by atoms with Gasteiger partial charge in [0.1, 0.15) is 11.5 Å². The third-order valence-corrected chi connectivity index (χ3v) is 6.26. The van der Waals surface area contributed by atoms with E-state index in [-0.39, 0.29) is 17.4 Å². The number of benzene rings is 2. The van der Waals surface area contributed by atoms with Crippen molar-refractivity contribution < 1.29 is 19.4 Å². The number of aromatic nitrogens is 1. The van der Waals surface area contributed by atoms with E-state index >= 15 is 0 Å². The Balaban J connectivity index is 1.83. The van der Waals surface area contributed by atoms with Crippen molar-refractivity contribution in [2.75, 3.05) is 4.90 Å². The molecule has 1 fully saturated rings. The highest BCUT2D eigenvalue weighted by Gasteiger charge is 2.47. The Hall–Kier alpha value is -3.45. The molecular weight excluding hydrogens is 436 g/mol. The molecule has 170 valence electrons. The number of anilines is 1. The third-order valence-electron chi connectivity index (χ3n) is 5.49. The molecule has 0 unspecified atom stereocenters. The SMILES string of the molecule is CC(C)Oc1ccc(/C(O)=C2\C(=O)C(=O)N(c3nccs3)[C@H]2c2ccc(C(C)C)cc2)cc1. The summed E-state index contributed by atoms with van der Waals surface area (Å²) in [6, 6.07) is 13.8. The molecule has 0 spiro atoms. The standard InChI is InChI=1S/C26H26N2O4S/c1-15(2)17-5-7-18(8-6-17)22-21(24(30)25(31)28(22)26-27-13-14-33-26)23(29)19-9-11-20(12-10-19)32-16(3)4/h5-16,22,29H,1-4H3/b23-21+/t22-/m0/s1. The summed E-state index contributed by atoms with van der Waals surface area (Å²) in [6.45, 7) is 8.06. The molecule has 7 heteroatoms. The average Bonchev–Trinajstić information content (AvgIpc) is 3.40. The molecule has 1 saturated heterocycles. The minimum absolute atomic E-state index is 0.0156. The molecule has 3 aromatic rings. The van der Waals surface area contributed by atoms with Crippen LogP contribution in [-0.4, -0.2) is 27.9 Å². The summed E-state index contributed by atoms with van der Waals surface area (Å²) in [6.07, 6.45) is 1.60. The number of carbonyl (C=O) groups excluding carboxylic acids is 2. The van der Waals surface area contributed by atoms with Crippen LogP contribution in [0, 0.1) is 0 Å². The molecule has 0 radical (unpaired) electrons. The molecule has 33 heavy (non-hydrogen) atoms. The van der Waals surface area contributed by atoms with Crippen LogP contribution in [0.25, 0.3) is 5.76 Å². The molecule has 1 aliphatic heterocycles. The molecule has 2 heterocycles. The van der Waals surface area contributed by atoms with E-state index < -0.39 is 17.7 Å². The number of aliphatic hydroxyl groups is 1. The fourth-order valence-electron chi connectivity index (χ4n) is 3.86. The van der Waals surface area contributed by atoms with Crippen LogP contribution >= 0.6 is 11.3 Å². The minimum Gasteiger partial charge on any atom is -0.507 e. The second-order valence-electron chi connectivity index (χ2n) is 8.50. The van der Waals surface area contributed by atoms with Crippen molar-refractivity contribution in [3.63, 3.8) is 0 Å². The first kappa shape index (κ1) is 22.7. The van der Waals surface area contributed by atoms with Gasteiger partial charge in [-0.3, -0.25) is 14.5 Å². The van der Waals surface area contributed by atoms with Gasteiger partial charge in [-0.2, -0.15) is 0 Å². The highest BCUT2D eigenvalue weighted by Crippen LogP contribution is 2.43. The smallest absolute Gasteiger partial charge is 0.301 e. The van der Waals surface area contributed by atoms with Crippen LogP contribution in [0.1, 0.15) is 56.3 Å². The van der Waals surface area contributed by atoms with Gasteiger partial charge in [0.05, 0.1) is 17.7 Å². The van der Waals surface area contributed by atoms with Gasteiger partial charge in [0.25, 0.3) is 5.78 Å². The Labute approximate surface area is 197 Å². The number of nitrogens with zero attached hydrogens (tertiary/aromatic N) is 2. The monoisotopic (exact) mass is 462 g/mol. The van der Waals surface area contributed by atoms with E-state index in [4.69, 9.17) is 4.74 Å². The van der Waals surface area contributed by atoms with Gasteiger partial charge in [0.15, 0.2) is 5.13 Å². The normalized spacial score (nSPS) is 17.9. The molecular formula is C26H26N2O4S. The van der Waals surface area contributed by atoms with Gasteiger partial charge in [-0.15, -0.1) is 11.3 Å². The number of hydrogen-bond donors (Lipinski definition) is 1. The van der Waals surface area contributed by atoms with Gasteiger partial charge < -0.3 is 9.84 Å². The number of hydrogen-bond acceptors (Lipinski definition) is 6. The quantitative estimate of drug-likeness (QED) is 0.290. The summed E-state index contributed by atoms with van der Waals surface area (Å²) in [5.41, 5.74) is 2.36. The molecule has 1 atom stereocenters. The minimum atomic E-state index is -0.774. The van der Waals surface area contributed by atoms with Crippen LogP contribution in [0.15, 0.2) is 65.7 Å². The van der Waals surface area contributed by atoms with E-state index in [9.17, 15) is 14.7 Å². The molecule has 0 saturated carbocycles. The predicted molar refractivity (Wildman–Crippen MR) is 130 cm³/mol. The summed E-state index contributed by atoms with van der Waals surface area (Å²) < 4.78 is 5.67. The zero-order chi connectivity index (χ0) is 23.7. The van der Waals surface area contributed by atoms with Crippen molar-refractivity contribution in [1.29, 1.82) is 0 Å². The van der Waals surface area contributed by atoms with Crippen molar-refractivity contribution in [2.45, 2.75) is 45.8 Å². The fraction of sp³-hybridized carbons (Fsp3) is 0.269. The van der Waals surface area contributed by atoms with Gasteiger partial charge in [-0.1, -0.05) is 38.1 Å². The number of thiazole rings is 1. The number of rotatable bonds is 6. The van der Waals surface area contributed by atoms with E-state index in [1.54, 1.807) is 35.8 Å². The first-order chi connectivity index (χ1) is 15.8. The average molecular weight is 463 g/mol. The first-order valence-electron chi connectivity index (χ1n) is 10.9. The highest BCUT2D eigenvalue weighted by molar-refractivity contribution is 7.14. The predicted octanol–water partition coefficient (Wildman–Crippen LogP) is 5.68. The maximum atomic E-state index is 13.1. The Morgan fingerprint density at radius 3 is 2.24 bits per heavy atom. The lowest BCUT2D eigenvalue weighted by Gasteiger charge is -2.23. The summed E-state index contributed by atoms with van der Waals surface area (Å²) >= 11 is 1.27. The van der Waals surface area contributed by atoms with Crippen LogP contribution in [-0.2, 0) is 9.59 Å². The van der Waals surface area contributed by atoms with Crippen LogP contribution < -0.4 is 9.64 Å². The largest absolute Gasteiger partial charge is 0.507 e. The summed E-state index contributed by atoms with van der Waals surface area (Å²) in [5.74, 6) is -0.657. The Morgan fingerprint density at radius 2 is 1.70 bits per heavy atom. The van der Waals surface area contributed by atoms with E-state index in [0.717, 1.165) is 11.1 Å². The molecule has 6 nitrogen and oxygen atoms in total. The molecule has 4 rings (SSSR count). The van der Waals surface area contributed by atoms with Crippen molar-refractivity contribution in [3.05, 3.63) is 82.4 Å². The number of aliphatic hydroxyl groups excluding tert-OH is 1. The van der Waals surface area contributed by atoms with Gasteiger partial charge >= 0.3 is 5.91 Å². The van der Waals surface area contributed by atoms with E-state index in [1.807, 2.05) is 38.1 Å². The molecule has 1 aromatic heterocycles. The summed E-state index contributed by atoms with van der Waals surface area (Å²) in [7, 11) is 0. The zero-order valence-corrected chi connectivity index (χ0v) is 19.8. The van der Waals surface area contributed by atoms with Crippen LogP contribution in [0.5, 0.6) is 5.75 Å². The van der Waals surface area contributed by atoms with Crippen molar-refractivity contribution in [2.24, 2.45) is 0 Å². The highest BCUT2D eigenvalue weighted by atomic mass is 32.1. The van der Waals surface area contributed by atoms with Crippen LogP contribution in [0.3, 0.4) is 0 Å². The van der Waals surface area contributed by atoms with Crippen molar-refractivity contribution >= 4 is 33.9 Å². The number of Topliss-reactive ketones (excluding diaryl/α,β-unsaturated/α-hetero) is 1. The van der Waals surface area contributed by atoms with Crippen molar-refractivity contribution in [3.8, 4) is 5.75 Å². The number of carbonyl (C=O) groups is 2. The van der Waals surface area contributed by atoms with Gasteiger partial charge in [-0.25, -0.2) is 4.98 Å². The molecule has 1 N–H and O–H groups in total. The van der Waals surface area contributed by atoms with E-state index in [0.29, 0.717) is 22.4 Å². The number of amides is 1.